The van der Waals surface area contributed by atoms with Crippen LogP contribution in [0.25, 0.3) is 0 Å². The molecule has 0 aromatic heterocycles. The van der Waals surface area contributed by atoms with Crippen molar-refractivity contribution < 1.29 is 25.2 Å². The molecule has 0 radical (unpaired) electrons. The van der Waals surface area contributed by atoms with Crippen LogP contribution in [0.2, 0.25) is 0 Å². The van der Waals surface area contributed by atoms with Gasteiger partial charge in [0.1, 0.15) is 0 Å². The molecule has 6 nitrogen and oxygen atoms in total. The Balaban J connectivity index is 4.25. The van der Waals surface area contributed by atoms with Crippen molar-refractivity contribution in [2.24, 2.45) is 0 Å². The Hall–Kier alpha value is -0.180. The maximum Gasteiger partial charge on any atom is 0.267 e. The molecule has 0 aromatic carbocycles. The van der Waals surface area contributed by atoms with Gasteiger partial charge >= 0.3 is 0 Å². The summed E-state index contributed by atoms with van der Waals surface area (Å²) < 4.78 is 57.2. The van der Waals surface area contributed by atoms with Crippen molar-refractivity contribution in [3.05, 3.63) is 0 Å². The number of hydrogen-bond donors (Lipinski definition) is 0. The van der Waals surface area contributed by atoms with E-state index in [1.807, 2.05) is 13.8 Å². The molecule has 0 N–H and O–H groups in total. The lowest BCUT2D eigenvalue weighted by atomic mass is 10.2. The summed E-state index contributed by atoms with van der Waals surface area (Å²) in [6.07, 6.45) is 3.69. The Kier molecular flexibility index (Phi) is 11.3. The van der Waals surface area contributed by atoms with Crippen LogP contribution in [-0.2, 0) is 28.6 Å². The molecular formula is C15H32O6S2. The third-order valence-corrected chi connectivity index (χ3v) is 6.10. The molecule has 2 atom stereocenters. The van der Waals surface area contributed by atoms with E-state index in [1.165, 1.54) is 0 Å². The van der Waals surface area contributed by atoms with Crippen LogP contribution in [0.5, 0.6) is 0 Å². The van der Waals surface area contributed by atoms with Crippen molar-refractivity contribution in [2.45, 2.75) is 84.8 Å². The van der Waals surface area contributed by atoms with Crippen molar-refractivity contribution in [1.29, 1.82) is 0 Å². The normalized spacial score (nSPS) is 15.5. The molecule has 0 bridgehead atoms. The Labute approximate surface area is 142 Å². The van der Waals surface area contributed by atoms with Gasteiger partial charge in [0.25, 0.3) is 20.2 Å². The second kappa shape index (κ2) is 11.4. The number of hydrogen-bond acceptors (Lipinski definition) is 6. The predicted octanol–water partition coefficient (Wildman–Crippen LogP) is 3.23. The highest BCUT2D eigenvalue weighted by molar-refractivity contribution is 7.87. The molecule has 140 valence electrons. The van der Waals surface area contributed by atoms with Crippen LogP contribution in [0.3, 0.4) is 0 Å². The lowest BCUT2D eigenvalue weighted by Gasteiger charge is -2.18. The zero-order valence-electron chi connectivity index (χ0n) is 14.8. The fraction of sp³-hybridized carbons (Fsp3) is 1.00. The molecule has 2 unspecified atom stereocenters. The first kappa shape index (κ1) is 22.8. The first-order valence-corrected chi connectivity index (χ1v) is 11.6. The highest BCUT2D eigenvalue weighted by Crippen LogP contribution is 2.14. The summed E-state index contributed by atoms with van der Waals surface area (Å²) in [6, 6.07) is 0. The van der Waals surface area contributed by atoms with E-state index in [1.54, 1.807) is 13.8 Å². The van der Waals surface area contributed by atoms with Crippen LogP contribution >= 0.6 is 0 Å². The third kappa shape index (κ3) is 12.9. The van der Waals surface area contributed by atoms with Crippen molar-refractivity contribution in [1.82, 2.24) is 0 Å². The van der Waals surface area contributed by atoms with Gasteiger partial charge in [-0.1, -0.05) is 39.5 Å². The minimum atomic E-state index is -3.56. The molecule has 0 spiro atoms. The second-order valence-corrected chi connectivity index (χ2v) is 9.42. The van der Waals surface area contributed by atoms with Gasteiger partial charge in [-0.25, -0.2) is 0 Å². The molecule has 0 heterocycles. The highest BCUT2D eigenvalue weighted by Gasteiger charge is 2.21. The van der Waals surface area contributed by atoms with Gasteiger partial charge in [-0.2, -0.15) is 16.8 Å². The summed E-state index contributed by atoms with van der Waals surface area (Å²) in [4.78, 5) is 0. The SMILES string of the molecule is CCCCCS(=O)(=O)OC(C)CC(C)OS(=O)(=O)CCCCC. The molecule has 0 saturated heterocycles. The molecule has 23 heavy (non-hydrogen) atoms. The summed E-state index contributed by atoms with van der Waals surface area (Å²) in [5.41, 5.74) is 0. The minimum Gasteiger partial charge on any atom is -0.267 e. The van der Waals surface area contributed by atoms with Crippen LogP contribution in [0.15, 0.2) is 0 Å². The van der Waals surface area contributed by atoms with E-state index in [2.05, 4.69) is 0 Å². The Morgan fingerprint density at radius 1 is 0.696 bits per heavy atom. The smallest absolute Gasteiger partial charge is 0.267 e. The van der Waals surface area contributed by atoms with E-state index in [0.29, 0.717) is 12.8 Å². The molecule has 0 aliphatic rings. The Bertz CT molecular complexity index is 452. The molecule has 0 amide bonds. The summed E-state index contributed by atoms with van der Waals surface area (Å²) in [5.74, 6) is -0.00846. The molecule has 0 aliphatic carbocycles. The number of unbranched alkanes of at least 4 members (excludes halogenated alkanes) is 4. The van der Waals surface area contributed by atoms with E-state index < -0.39 is 32.4 Å². The zero-order valence-corrected chi connectivity index (χ0v) is 16.4. The van der Waals surface area contributed by atoms with Gasteiger partial charge in [0.2, 0.25) is 0 Å². The molecule has 0 aromatic rings. The summed E-state index contributed by atoms with van der Waals surface area (Å²) in [7, 11) is -7.13. The molecule has 0 rings (SSSR count). The minimum absolute atomic E-state index is 0.00423. The van der Waals surface area contributed by atoms with E-state index in [9.17, 15) is 16.8 Å². The largest absolute Gasteiger partial charge is 0.267 e. The van der Waals surface area contributed by atoms with Crippen LogP contribution in [0.4, 0.5) is 0 Å². The Morgan fingerprint density at radius 3 is 1.35 bits per heavy atom. The molecule has 0 saturated carbocycles. The van der Waals surface area contributed by atoms with Crippen molar-refractivity contribution in [3.8, 4) is 0 Å². The highest BCUT2D eigenvalue weighted by atomic mass is 32.2. The fourth-order valence-electron chi connectivity index (χ4n) is 2.20. The van der Waals surface area contributed by atoms with E-state index in [4.69, 9.17) is 8.37 Å². The van der Waals surface area contributed by atoms with Gasteiger partial charge in [0.05, 0.1) is 23.7 Å². The number of rotatable bonds is 14. The first-order valence-electron chi connectivity index (χ1n) is 8.43. The maximum atomic E-state index is 11.8. The van der Waals surface area contributed by atoms with E-state index in [-0.39, 0.29) is 17.9 Å². The zero-order chi connectivity index (χ0) is 17.9. The van der Waals surface area contributed by atoms with Gasteiger partial charge in [-0.15, -0.1) is 0 Å². The summed E-state index contributed by atoms with van der Waals surface area (Å²) in [5, 5.41) is 0. The molecule has 8 heteroatoms. The second-order valence-electron chi connectivity index (χ2n) is 5.99. The molecular weight excluding hydrogens is 340 g/mol. The van der Waals surface area contributed by atoms with Crippen molar-refractivity contribution in [3.63, 3.8) is 0 Å². The standard InChI is InChI=1S/C15H32O6S2/c1-5-7-9-11-22(16,17)20-14(3)13-15(4)21-23(18,19)12-10-8-6-2/h14-15H,5-13H2,1-4H3. The van der Waals surface area contributed by atoms with Crippen LogP contribution < -0.4 is 0 Å². The monoisotopic (exact) mass is 372 g/mol. The predicted molar refractivity (Wildman–Crippen MR) is 92.3 cm³/mol. The van der Waals surface area contributed by atoms with Gasteiger partial charge < -0.3 is 0 Å². The van der Waals surface area contributed by atoms with Crippen LogP contribution in [-0.4, -0.2) is 40.5 Å². The Morgan fingerprint density at radius 2 is 1.04 bits per heavy atom. The van der Waals surface area contributed by atoms with Crippen LogP contribution in [0, 0.1) is 0 Å². The third-order valence-electron chi connectivity index (χ3n) is 3.28. The lowest BCUT2D eigenvalue weighted by Crippen LogP contribution is -2.25. The van der Waals surface area contributed by atoms with Crippen molar-refractivity contribution in [2.75, 3.05) is 11.5 Å². The van der Waals surface area contributed by atoms with Gasteiger partial charge in [0, 0.05) is 6.42 Å². The van der Waals surface area contributed by atoms with Gasteiger partial charge in [-0.05, 0) is 26.7 Å². The first-order chi connectivity index (χ1) is 10.6. The van der Waals surface area contributed by atoms with Crippen LogP contribution in [0.1, 0.15) is 72.6 Å². The summed E-state index contributed by atoms with van der Waals surface area (Å²) >= 11 is 0. The van der Waals surface area contributed by atoms with Crippen molar-refractivity contribution >= 4 is 20.2 Å². The van der Waals surface area contributed by atoms with E-state index in [0.717, 1.165) is 25.7 Å². The average molecular weight is 373 g/mol. The average Bonchev–Trinajstić information content (AvgIpc) is 2.36. The van der Waals surface area contributed by atoms with Gasteiger partial charge in [0.15, 0.2) is 0 Å². The molecule has 0 fully saturated rings. The lowest BCUT2D eigenvalue weighted by molar-refractivity contribution is 0.140. The fourth-order valence-corrected chi connectivity index (χ4v) is 4.67. The quantitative estimate of drug-likeness (QED) is 0.344. The summed E-state index contributed by atoms with van der Waals surface area (Å²) in [6.45, 7) is 7.22. The topological polar surface area (TPSA) is 86.7 Å². The van der Waals surface area contributed by atoms with Gasteiger partial charge in [-0.3, -0.25) is 8.37 Å². The maximum absolute atomic E-state index is 11.8. The molecule has 0 aliphatic heterocycles. The van der Waals surface area contributed by atoms with E-state index >= 15 is 0 Å².